The highest BCUT2D eigenvalue weighted by molar-refractivity contribution is 6.00. The second kappa shape index (κ2) is 13.4. The van der Waals surface area contributed by atoms with Crippen molar-refractivity contribution in [1.82, 2.24) is 25.3 Å². The molecule has 2 aliphatic heterocycles. The zero-order chi connectivity index (χ0) is 29.6. The quantitative estimate of drug-likeness (QED) is 0.478. The van der Waals surface area contributed by atoms with E-state index in [2.05, 4.69) is 15.5 Å². The molecule has 4 amide bonds. The molecule has 40 heavy (non-hydrogen) atoms. The molecule has 0 spiro atoms. The molecule has 3 atom stereocenters. The SMILES string of the molecule is CC(C)C[C@@H](NC(=O)c1ccccc1O[C@@H](F)C(=O)NC(C)(C)C)C(=O)N1CCC[C@@H]1C(=O)N1CCN(C)CC1. The Bertz CT molecular complexity index is 1070. The molecule has 2 N–H and O–H groups in total. The third-order valence-corrected chi connectivity index (χ3v) is 7.01. The Morgan fingerprint density at radius 1 is 1.05 bits per heavy atom. The zero-order valence-corrected chi connectivity index (χ0v) is 24.5. The Kier molecular flexibility index (Phi) is 10.5. The van der Waals surface area contributed by atoms with Gasteiger partial charge in [0.2, 0.25) is 11.8 Å². The molecule has 11 heteroatoms. The van der Waals surface area contributed by atoms with Gasteiger partial charge in [0, 0.05) is 38.3 Å². The van der Waals surface area contributed by atoms with E-state index in [4.69, 9.17) is 4.74 Å². The number of rotatable bonds is 9. The summed E-state index contributed by atoms with van der Waals surface area (Å²) in [6.45, 7) is 12.3. The number of carbonyl (C=O) groups excluding carboxylic acids is 4. The van der Waals surface area contributed by atoms with Crippen LogP contribution in [0.2, 0.25) is 0 Å². The van der Waals surface area contributed by atoms with E-state index < -0.39 is 35.8 Å². The molecule has 222 valence electrons. The van der Waals surface area contributed by atoms with Crippen LogP contribution in [0.25, 0.3) is 0 Å². The monoisotopic (exact) mass is 561 g/mol. The van der Waals surface area contributed by atoms with Crippen molar-refractivity contribution in [1.29, 1.82) is 0 Å². The van der Waals surface area contributed by atoms with E-state index in [0.717, 1.165) is 13.1 Å². The number of alkyl halides is 1. The Morgan fingerprint density at radius 3 is 2.33 bits per heavy atom. The highest BCUT2D eigenvalue weighted by atomic mass is 19.1. The van der Waals surface area contributed by atoms with Crippen LogP contribution in [0, 0.1) is 5.92 Å². The number of para-hydroxylation sites is 1. The molecule has 0 unspecified atom stereocenters. The number of hydrogen-bond donors (Lipinski definition) is 2. The summed E-state index contributed by atoms with van der Waals surface area (Å²) >= 11 is 0. The van der Waals surface area contributed by atoms with Gasteiger partial charge in [-0.1, -0.05) is 26.0 Å². The van der Waals surface area contributed by atoms with E-state index in [1.165, 1.54) is 12.1 Å². The molecular weight excluding hydrogens is 517 g/mol. The van der Waals surface area contributed by atoms with Crippen LogP contribution in [-0.4, -0.2) is 102 Å². The highest BCUT2D eigenvalue weighted by Crippen LogP contribution is 2.24. The fourth-order valence-corrected chi connectivity index (χ4v) is 5.00. The molecule has 2 heterocycles. The predicted octanol–water partition coefficient (Wildman–Crippen LogP) is 2.19. The lowest BCUT2D eigenvalue weighted by atomic mass is 10.0. The fourth-order valence-electron chi connectivity index (χ4n) is 5.00. The minimum Gasteiger partial charge on any atom is -0.451 e. The summed E-state index contributed by atoms with van der Waals surface area (Å²) in [6.07, 6.45) is -0.667. The van der Waals surface area contributed by atoms with Crippen molar-refractivity contribution in [3.05, 3.63) is 29.8 Å². The Labute approximate surface area is 236 Å². The summed E-state index contributed by atoms with van der Waals surface area (Å²) in [5.41, 5.74) is -0.660. The van der Waals surface area contributed by atoms with Gasteiger partial charge in [-0.2, -0.15) is 4.39 Å². The lowest BCUT2D eigenvalue weighted by Gasteiger charge is -2.36. The first-order valence-electron chi connectivity index (χ1n) is 14.1. The number of benzene rings is 1. The van der Waals surface area contributed by atoms with Crippen LogP contribution in [0.3, 0.4) is 0 Å². The zero-order valence-electron chi connectivity index (χ0n) is 24.5. The minimum atomic E-state index is -2.33. The molecule has 2 saturated heterocycles. The largest absolute Gasteiger partial charge is 0.451 e. The molecule has 1 aromatic carbocycles. The van der Waals surface area contributed by atoms with Crippen molar-refractivity contribution in [3.63, 3.8) is 0 Å². The normalized spacial score (nSPS) is 19.8. The van der Waals surface area contributed by atoms with Crippen LogP contribution < -0.4 is 15.4 Å². The van der Waals surface area contributed by atoms with Gasteiger partial charge in [-0.25, -0.2) is 0 Å². The molecule has 0 saturated carbocycles. The molecule has 3 rings (SSSR count). The second-order valence-electron chi connectivity index (χ2n) is 12.1. The number of likely N-dealkylation sites (tertiary alicyclic amines) is 1. The van der Waals surface area contributed by atoms with E-state index >= 15 is 0 Å². The lowest BCUT2D eigenvalue weighted by molar-refractivity contribution is -0.145. The van der Waals surface area contributed by atoms with Gasteiger partial charge in [-0.3, -0.25) is 19.2 Å². The number of piperazine rings is 1. The van der Waals surface area contributed by atoms with Crippen molar-refractivity contribution in [3.8, 4) is 5.75 Å². The van der Waals surface area contributed by atoms with E-state index in [1.54, 1.807) is 37.8 Å². The summed E-state index contributed by atoms with van der Waals surface area (Å²) in [4.78, 5) is 58.3. The maximum atomic E-state index is 14.7. The highest BCUT2D eigenvalue weighted by Gasteiger charge is 2.40. The number of likely N-dealkylation sites (N-methyl/N-ethyl adjacent to an activating group) is 1. The van der Waals surface area contributed by atoms with Gasteiger partial charge in [-0.15, -0.1) is 0 Å². The summed E-state index contributed by atoms with van der Waals surface area (Å²) in [7, 11) is 2.02. The van der Waals surface area contributed by atoms with E-state index in [-0.39, 0.29) is 29.0 Å². The Balaban J connectivity index is 1.74. The smallest absolute Gasteiger partial charge is 0.316 e. The van der Waals surface area contributed by atoms with Gasteiger partial charge in [0.05, 0.1) is 5.56 Å². The number of amides is 4. The van der Waals surface area contributed by atoms with Gasteiger partial charge >= 0.3 is 6.36 Å². The average molecular weight is 562 g/mol. The van der Waals surface area contributed by atoms with Gasteiger partial charge in [0.1, 0.15) is 17.8 Å². The van der Waals surface area contributed by atoms with Crippen molar-refractivity contribution in [2.45, 2.75) is 77.9 Å². The van der Waals surface area contributed by atoms with Crippen LogP contribution in [0.1, 0.15) is 64.2 Å². The molecule has 0 aliphatic carbocycles. The van der Waals surface area contributed by atoms with Crippen LogP contribution in [0.15, 0.2) is 24.3 Å². The first-order valence-corrected chi connectivity index (χ1v) is 14.1. The fraction of sp³-hybridized carbons (Fsp3) is 0.655. The molecular formula is C29H44FN5O5. The van der Waals surface area contributed by atoms with E-state index in [9.17, 15) is 23.6 Å². The molecule has 1 aromatic rings. The molecule has 2 aliphatic rings. The van der Waals surface area contributed by atoms with Crippen LogP contribution in [-0.2, 0) is 14.4 Å². The van der Waals surface area contributed by atoms with Crippen molar-refractivity contribution in [2.75, 3.05) is 39.8 Å². The summed E-state index contributed by atoms with van der Waals surface area (Å²) in [5, 5.41) is 5.31. The first-order chi connectivity index (χ1) is 18.8. The first kappa shape index (κ1) is 31.3. The number of nitrogens with zero attached hydrogens (tertiary/aromatic N) is 3. The van der Waals surface area contributed by atoms with E-state index in [1.807, 2.05) is 25.8 Å². The molecule has 0 radical (unpaired) electrons. The van der Waals surface area contributed by atoms with Crippen LogP contribution >= 0.6 is 0 Å². The number of carbonyl (C=O) groups is 4. The summed E-state index contributed by atoms with van der Waals surface area (Å²) in [5.74, 6) is -1.98. The van der Waals surface area contributed by atoms with Crippen LogP contribution in [0.4, 0.5) is 4.39 Å². The van der Waals surface area contributed by atoms with Crippen molar-refractivity contribution in [2.24, 2.45) is 5.92 Å². The predicted molar refractivity (Wildman–Crippen MR) is 149 cm³/mol. The standard InChI is InChI=1S/C29H44FN5O5/c1-19(2)18-21(27(38)35-13-9-11-22(35)28(39)34-16-14-33(6)15-17-34)31-25(36)20-10-7-8-12-23(20)40-24(30)26(37)32-29(3,4)5/h7-8,10,12,19,21-22,24H,9,11,13-18H2,1-6H3,(H,31,36)(H,32,37)/t21-,22-,24-/m1/s1. The van der Waals surface area contributed by atoms with Gasteiger partial charge in [0.15, 0.2) is 0 Å². The van der Waals surface area contributed by atoms with Gasteiger partial charge in [0.25, 0.3) is 11.8 Å². The maximum absolute atomic E-state index is 14.7. The molecule has 0 aromatic heterocycles. The van der Waals surface area contributed by atoms with Crippen molar-refractivity contribution >= 4 is 23.6 Å². The number of hydrogen-bond acceptors (Lipinski definition) is 6. The maximum Gasteiger partial charge on any atom is 0.316 e. The van der Waals surface area contributed by atoms with Gasteiger partial charge in [-0.05, 0) is 65.1 Å². The molecule has 2 fully saturated rings. The molecule has 10 nitrogen and oxygen atoms in total. The second-order valence-corrected chi connectivity index (χ2v) is 12.1. The van der Waals surface area contributed by atoms with E-state index in [0.29, 0.717) is 38.9 Å². The molecule has 0 bridgehead atoms. The summed E-state index contributed by atoms with van der Waals surface area (Å²) in [6, 6.07) is 4.57. The van der Waals surface area contributed by atoms with Gasteiger partial charge < -0.3 is 30.1 Å². The lowest BCUT2D eigenvalue weighted by Crippen LogP contribution is -2.56. The topological polar surface area (TPSA) is 111 Å². The van der Waals surface area contributed by atoms with Crippen LogP contribution in [0.5, 0.6) is 5.75 Å². The third-order valence-electron chi connectivity index (χ3n) is 7.01. The van der Waals surface area contributed by atoms with Crippen molar-refractivity contribution < 1.29 is 28.3 Å². The average Bonchev–Trinajstić information content (AvgIpc) is 3.37. The number of nitrogens with one attached hydrogen (secondary N) is 2. The minimum absolute atomic E-state index is 0.00162. The summed E-state index contributed by atoms with van der Waals surface area (Å²) < 4.78 is 19.9. The Morgan fingerprint density at radius 2 is 1.70 bits per heavy atom. The third kappa shape index (κ3) is 8.39. The number of ether oxygens (including phenoxy) is 1. The number of halogens is 1. The Hall–Kier alpha value is -3.21.